The molecular weight excluding hydrogens is 347 g/mol. The fourth-order valence-electron chi connectivity index (χ4n) is 1.79. The minimum absolute atomic E-state index is 0.271. The highest BCUT2D eigenvalue weighted by atomic mass is 79.9. The second kappa shape index (κ2) is 5.38. The highest BCUT2D eigenvalue weighted by molar-refractivity contribution is 9.10. The molecule has 0 aliphatic carbocycles. The third kappa shape index (κ3) is 2.76. The second-order valence-corrected chi connectivity index (χ2v) is 5.53. The normalized spacial score (nSPS) is 10.9. The zero-order valence-electron chi connectivity index (χ0n) is 10.1. The Morgan fingerprint density at radius 3 is 3.00 bits per heavy atom. The molecule has 0 aliphatic rings. The average molecular weight is 356 g/mol. The first-order chi connectivity index (χ1) is 9.61. The maximum Gasteiger partial charge on any atom is 0.243 e. The molecule has 1 aromatic carbocycles. The van der Waals surface area contributed by atoms with Crippen LogP contribution in [0.5, 0.6) is 0 Å². The van der Waals surface area contributed by atoms with E-state index in [-0.39, 0.29) is 5.82 Å². The van der Waals surface area contributed by atoms with Gasteiger partial charge in [0.2, 0.25) is 5.95 Å². The Labute approximate surface area is 127 Å². The molecule has 0 unspecified atom stereocenters. The van der Waals surface area contributed by atoms with Gasteiger partial charge in [0.1, 0.15) is 5.82 Å². The number of benzene rings is 1. The summed E-state index contributed by atoms with van der Waals surface area (Å²) < 4.78 is 16.0. The predicted molar refractivity (Wildman–Crippen MR) is 79.4 cm³/mol. The van der Waals surface area contributed by atoms with E-state index in [2.05, 4.69) is 31.3 Å². The predicted octanol–water partition coefficient (Wildman–Crippen LogP) is 3.90. The van der Waals surface area contributed by atoms with Crippen LogP contribution in [0.2, 0.25) is 5.02 Å². The molecule has 2 heterocycles. The van der Waals surface area contributed by atoms with Crippen LogP contribution in [0.3, 0.4) is 0 Å². The number of nitrogens with one attached hydrogen (secondary N) is 1. The van der Waals surface area contributed by atoms with E-state index in [4.69, 9.17) is 11.6 Å². The van der Waals surface area contributed by atoms with Crippen molar-refractivity contribution in [1.82, 2.24) is 14.6 Å². The molecule has 4 nitrogen and oxygen atoms in total. The summed E-state index contributed by atoms with van der Waals surface area (Å²) in [6.45, 7) is 0.301. The molecule has 0 saturated heterocycles. The highest BCUT2D eigenvalue weighted by Gasteiger charge is 2.06. The van der Waals surface area contributed by atoms with Crippen molar-refractivity contribution in [3.63, 3.8) is 0 Å². The summed E-state index contributed by atoms with van der Waals surface area (Å²) in [7, 11) is 0. The van der Waals surface area contributed by atoms with Crippen molar-refractivity contribution in [3.8, 4) is 0 Å². The third-order valence-electron chi connectivity index (χ3n) is 2.74. The van der Waals surface area contributed by atoms with Crippen molar-refractivity contribution in [2.75, 3.05) is 5.32 Å². The van der Waals surface area contributed by atoms with Crippen molar-refractivity contribution < 1.29 is 4.39 Å². The lowest BCUT2D eigenvalue weighted by Gasteiger charge is -2.04. The molecule has 0 atom stereocenters. The van der Waals surface area contributed by atoms with Crippen LogP contribution >= 0.6 is 27.5 Å². The summed E-state index contributed by atoms with van der Waals surface area (Å²) in [5.41, 5.74) is 1.21. The number of halogens is 3. The zero-order chi connectivity index (χ0) is 14.1. The lowest BCUT2D eigenvalue weighted by molar-refractivity contribution is 0.612. The Morgan fingerprint density at radius 2 is 2.15 bits per heavy atom. The lowest BCUT2D eigenvalue weighted by atomic mass is 10.2. The van der Waals surface area contributed by atoms with E-state index >= 15 is 0 Å². The van der Waals surface area contributed by atoms with Crippen LogP contribution in [0.25, 0.3) is 5.65 Å². The topological polar surface area (TPSA) is 42.2 Å². The van der Waals surface area contributed by atoms with E-state index < -0.39 is 0 Å². The molecule has 0 spiro atoms. The minimum Gasteiger partial charge on any atom is -0.349 e. The third-order valence-corrected chi connectivity index (χ3v) is 3.46. The summed E-state index contributed by atoms with van der Waals surface area (Å²) >= 11 is 9.19. The molecule has 0 amide bonds. The van der Waals surface area contributed by atoms with Crippen LogP contribution in [-0.2, 0) is 6.54 Å². The van der Waals surface area contributed by atoms with Crippen molar-refractivity contribution >= 4 is 39.1 Å². The van der Waals surface area contributed by atoms with Gasteiger partial charge in [-0.2, -0.15) is 4.98 Å². The first-order valence-electron chi connectivity index (χ1n) is 5.81. The SMILES string of the molecule is Fc1ccc(Br)cc1CNc1nc2ccc(Cl)cn2n1. The molecule has 0 bridgehead atoms. The summed E-state index contributed by atoms with van der Waals surface area (Å²) in [5, 5.41) is 7.78. The number of fused-ring (bicyclic) bond motifs is 1. The van der Waals surface area contributed by atoms with Gasteiger partial charge in [0, 0.05) is 22.8 Å². The second-order valence-electron chi connectivity index (χ2n) is 4.17. The van der Waals surface area contributed by atoms with Crippen LogP contribution < -0.4 is 5.32 Å². The number of aromatic nitrogens is 3. The molecule has 0 fully saturated rings. The lowest BCUT2D eigenvalue weighted by Crippen LogP contribution is -2.03. The van der Waals surface area contributed by atoms with Crippen molar-refractivity contribution in [3.05, 3.63) is 57.4 Å². The summed E-state index contributed by atoms with van der Waals surface area (Å²) in [5.74, 6) is 0.152. The summed E-state index contributed by atoms with van der Waals surface area (Å²) in [6, 6.07) is 8.29. The number of nitrogens with zero attached hydrogens (tertiary/aromatic N) is 3. The molecule has 7 heteroatoms. The van der Waals surface area contributed by atoms with Crippen molar-refractivity contribution in [1.29, 1.82) is 0 Å². The Bertz CT molecular complexity index is 774. The van der Waals surface area contributed by atoms with Gasteiger partial charge in [0.05, 0.1) is 5.02 Å². The van der Waals surface area contributed by atoms with Crippen molar-refractivity contribution in [2.45, 2.75) is 6.54 Å². The van der Waals surface area contributed by atoms with Crippen molar-refractivity contribution in [2.24, 2.45) is 0 Å². The standard InChI is InChI=1S/C13H9BrClFN4/c14-9-1-3-11(16)8(5-9)6-17-13-18-12-4-2-10(15)7-20(12)19-13/h1-5,7H,6H2,(H,17,19). The number of rotatable bonds is 3. The Morgan fingerprint density at radius 1 is 1.30 bits per heavy atom. The number of hydrogen-bond donors (Lipinski definition) is 1. The van der Waals surface area contributed by atoms with E-state index in [1.54, 1.807) is 35.0 Å². The Kier molecular flexibility index (Phi) is 3.58. The van der Waals surface area contributed by atoms with Gasteiger partial charge in [-0.05, 0) is 30.3 Å². The van der Waals surface area contributed by atoms with Crippen LogP contribution in [0.15, 0.2) is 41.0 Å². The first kappa shape index (κ1) is 13.3. The van der Waals surface area contributed by atoms with Gasteiger partial charge < -0.3 is 5.32 Å². The molecule has 0 radical (unpaired) electrons. The van der Waals surface area contributed by atoms with Gasteiger partial charge in [-0.1, -0.05) is 27.5 Å². The number of pyridine rings is 1. The molecule has 0 saturated carbocycles. The fourth-order valence-corrected chi connectivity index (χ4v) is 2.35. The minimum atomic E-state index is -0.271. The molecular formula is C13H9BrClFN4. The fraction of sp³-hybridized carbons (Fsp3) is 0.0769. The zero-order valence-corrected chi connectivity index (χ0v) is 12.5. The van der Waals surface area contributed by atoms with E-state index in [1.165, 1.54) is 6.07 Å². The molecule has 20 heavy (non-hydrogen) atoms. The summed E-state index contributed by atoms with van der Waals surface area (Å²) in [6.07, 6.45) is 1.66. The van der Waals surface area contributed by atoms with E-state index in [0.717, 1.165) is 4.47 Å². The maximum absolute atomic E-state index is 13.6. The van der Waals surface area contributed by atoms with Gasteiger partial charge >= 0.3 is 0 Å². The van der Waals surface area contributed by atoms with E-state index in [0.29, 0.717) is 28.7 Å². The molecule has 2 aromatic heterocycles. The maximum atomic E-state index is 13.6. The quantitative estimate of drug-likeness (QED) is 0.775. The highest BCUT2D eigenvalue weighted by Crippen LogP contribution is 2.17. The molecule has 1 N–H and O–H groups in total. The van der Waals surface area contributed by atoms with E-state index in [9.17, 15) is 4.39 Å². The van der Waals surface area contributed by atoms with Crippen LogP contribution in [0, 0.1) is 5.82 Å². The smallest absolute Gasteiger partial charge is 0.243 e. The van der Waals surface area contributed by atoms with Crippen LogP contribution in [0.1, 0.15) is 5.56 Å². The number of hydrogen-bond acceptors (Lipinski definition) is 3. The number of anilines is 1. The Hall–Kier alpha value is -1.66. The van der Waals surface area contributed by atoms with Gasteiger partial charge in [0.25, 0.3) is 0 Å². The van der Waals surface area contributed by atoms with Gasteiger partial charge in [0.15, 0.2) is 5.65 Å². The molecule has 3 rings (SSSR count). The van der Waals surface area contributed by atoms with Gasteiger partial charge in [-0.15, -0.1) is 5.10 Å². The Balaban J connectivity index is 1.81. The van der Waals surface area contributed by atoms with Crippen LogP contribution in [0.4, 0.5) is 10.3 Å². The monoisotopic (exact) mass is 354 g/mol. The summed E-state index contributed by atoms with van der Waals surface area (Å²) in [4.78, 5) is 4.27. The van der Waals surface area contributed by atoms with Gasteiger partial charge in [-0.25, -0.2) is 8.91 Å². The molecule has 102 valence electrons. The van der Waals surface area contributed by atoms with Crippen LogP contribution in [-0.4, -0.2) is 14.6 Å². The molecule has 0 aliphatic heterocycles. The average Bonchev–Trinajstić information content (AvgIpc) is 2.81. The van der Waals surface area contributed by atoms with Gasteiger partial charge in [-0.3, -0.25) is 0 Å². The first-order valence-corrected chi connectivity index (χ1v) is 6.99. The molecule has 3 aromatic rings. The largest absolute Gasteiger partial charge is 0.349 e. The van der Waals surface area contributed by atoms with E-state index in [1.807, 2.05) is 0 Å².